The van der Waals surface area contributed by atoms with Crippen molar-refractivity contribution in [2.75, 3.05) is 0 Å². The predicted octanol–water partition coefficient (Wildman–Crippen LogP) is 8.22. The average molecular weight is 605 g/mol. The summed E-state index contributed by atoms with van der Waals surface area (Å²) in [4.78, 5) is 6.39. The fraction of sp³-hybridized carbons (Fsp3) is 1.00. The van der Waals surface area contributed by atoms with Crippen LogP contribution in [0.25, 0.3) is 0 Å². The van der Waals surface area contributed by atoms with Gasteiger partial charge in [-0.3, -0.25) is 9.80 Å². The maximum absolute atomic E-state index is 7.16. The first-order chi connectivity index (χ1) is 21.4. The van der Waals surface area contributed by atoms with E-state index in [-0.39, 0.29) is 0 Å². The molecule has 17 unspecified atom stereocenters. The van der Waals surface area contributed by atoms with Crippen LogP contribution < -0.4 is 0 Å². The molecule has 0 N–H and O–H groups in total. The summed E-state index contributed by atoms with van der Waals surface area (Å²) in [5.41, 5.74) is 0.419. The SMILES string of the molecule is CC(C)(C)C1CCC2C(C1)OC1CCCC3C4CC(C5CCC6C(C5)C5CCCC7OC8CCCCC8N6C75)CCC4N2C13. The van der Waals surface area contributed by atoms with Crippen LogP contribution in [0.15, 0.2) is 0 Å². The van der Waals surface area contributed by atoms with Crippen molar-refractivity contribution >= 4 is 0 Å². The van der Waals surface area contributed by atoms with Crippen LogP contribution in [-0.2, 0) is 9.47 Å². The number of ether oxygens (including phenoxy) is 2. The third-order valence-corrected chi connectivity index (χ3v) is 16.8. The largest absolute Gasteiger partial charge is 0.372 e. The summed E-state index contributed by atoms with van der Waals surface area (Å²) in [5.74, 6) is 6.65. The van der Waals surface area contributed by atoms with Gasteiger partial charge in [-0.05, 0) is 143 Å². The molecule has 17 atom stereocenters. The van der Waals surface area contributed by atoms with Gasteiger partial charge in [0.05, 0.1) is 24.4 Å². The highest BCUT2D eigenvalue weighted by atomic mass is 16.5. The lowest BCUT2D eigenvalue weighted by Gasteiger charge is -2.55. The average Bonchev–Trinajstić information content (AvgIpc) is 3.55. The Labute approximate surface area is 269 Å². The normalized spacial score (nSPS) is 56.9. The minimum absolute atomic E-state index is 0.419. The Morgan fingerprint density at radius 1 is 0.432 bits per heavy atom. The van der Waals surface area contributed by atoms with Crippen molar-refractivity contribution in [2.24, 2.45) is 46.8 Å². The number of nitrogens with zero attached hydrogens (tertiary/aromatic N) is 2. The Bertz CT molecular complexity index is 1090. The Hall–Kier alpha value is -0.160. The molecule has 0 spiro atoms. The Kier molecular flexibility index (Phi) is 6.99. The van der Waals surface area contributed by atoms with E-state index in [1.54, 1.807) is 12.8 Å². The lowest BCUT2D eigenvalue weighted by Crippen LogP contribution is -2.64. The van der Waals surface area contributed by atoms with Crippen LogP contribution in [0.1, 0.15) is 143 Å². The summed E-state index contributed by atoms with van der Waals surface area (Å²) >= 11 is 0. The summed E-state index contributed by atoms with van der Waals surface area (Å²) in [7, 11) is 0. The van der Waals surface area contributed by atoms with Crippen LogP contribution in [0.2, 0.25) is 0 Å². The molecule has 0 radical (unpaired) electrons. The molecule has 0 bridgehead atoms. The van der Waals surface area contributed by atoms with Gasteiger partial charge in [0.15, 0.2) is 0 Å². The molecule has 4 aliphatic heterocycles. The predicted molar refractivity (Wildman–Crippen MR) is 175 cm³/mol. The first-order valence-electron chi connectivity index (χ1n) is 20.3. The van der Waals surface area contributed by atoms with Gasteiger partial charge in [-0.2, -0.15) is 0 Å². The number of hydrogen-bond donors (Lipinski definition) is 0. The maximum Gasteiger partial charge on any atom is 0.0737 e. The van der Waals surface area contributed by atoms with Crippen LogP contribution in [0.3, 0.4) is 0 Å². The molecule has 6 aliphatic carbocycles. The van der Waals surface area contributed by atoms with E-state index >= 15 is 0 Å². The van der Waals surface area contributed by atoms with Crippen molar-refractivity contribution in [3.8, 4) is 0 Å². The standard InChI is InChI=1S/C40H64N2O2/c1-40(2,3)25-16-19-33-37(22-25)44-36-13-7-9-27-29-21-24(15-18-31(29)42(33)39(27)36)23-14-17-30-28(20-23)26-8-6-12-35-38(26)41(30)32-10-4-5-11-34(32)43-35/h23-39H,4-22H2,1-3H3. The first-order valence-corrected chi connectivity index (χ1v) is 20.3. The van der Waals surface area contributed by atoms with Crippen molar-refractivity contribution in [1.29, 1.82) is 0 Å². The molecule has 10 rings (SSSR count). The maximum atomic E-state index is 7.16. The lowest BCUT2D eigenvalue weighted by atomic mass is 9.62. The highest BCUT2D eigenvalue weighted by Gasteiger charge is 2.63. The van der Waals surface area contributed by atoms with E-state index in [2.05, 4.69) is 30.6 Å². The molecule has 10 aliphatic rings. The van der Waals surface area contributed by atoms with Crippen LogP contribution in [0.4, 0.5) is 0 Å². The molecule has 4 saturated heterocycles. The van der Waals surface area contributed by atoms with Gasteiger partial charge in [0.25, 0.3) is 0 Å². The Balaban J connectivity index is 0.869. The van der Waals surface area contributed by atoms with Crippen molar-refractivity contribution in [3.05, 3.63) is 0 Å². The van der Waals surface area contributed by atoms with Gasteiger partial charge in [0.1, 0.15) is 0 Å². The van der Waals surface area contributed by atoms with Crippen molar-refractivity contribution in [3.63, 3.8) is 0 Å². The van der Waals surface area contributed by atoms with Gasteiger partial charge >= 0.3 is 0 Å². The summed E-state index contributed by atoms with van der Waals surface area (Å²) in [6, 6.07) is 4.78. The van der Waals surface area contributed by atoms with Gasteiger partial charge in [-0.15, -0.1) is 0 Å². The minimum atomic E-state index is 0.419. The molecule has 0 amide bonds. The topological polar surface area (TPSA) is 24.9 Å². The highest BCUT2D eigenvalue weighted by molar-refractivity contribution is 5.15. The van der Waals surface area contributed by atoms with E-state index < -0.39 is 0 Å². The fourth-order valence-corrected chi connectivity index (χ4v) is 15.2. The molecule has 44 heavy (non-hydrogen) atoms. The summed E-state index contributed by atoms with van der Waals surface area (Å²) in [6.45, 7) is 7.43. The van der Waals surface area contributed by atoms with Gasteiger partial charge in [0, 0.05) is 36.3 Å². The molecule has 0 aromatic carbocycles. The molecular weight excluding hydrogens is 540 g/mol. The quantitative estimate of drug-likeness (QED) is 0.301. The van der Waals surface area contributed by atoms with Gasteiger partial charge in [0.2, 0.25) is 0 Å². The molecule has 0 aromatic rings. The molecule has 4 heteroatoms. The van der Waals surface area contributed by atoms with E-state index in [1.165, 1.54) is 109 Å². The van der Waals surface area contributed by atoms with Gasteiger partial charge in [-0.1, -0.05) is 46.5 Å². The summed E-state index contributed by atoms with van der Waals surface area (Å²) < 4.78 is 14.1. The van der Waals surface area contributed by atoms with E-state index in [4.69, 9.17) is 9.47 Å². The zero-order chi connectivity index (χ0) is 29.3. The van der Waals surface area contributed by atoms with Crippen LogP contribution >= 0.6 is 0 Å². The van der Waals surface area contributed by atoms with Crippen LogP contribution in [0, 0.1) is 46.8 Å². The number of fused-ring (bicyclic) bond motifs is 10. The second-order valence-corrected chi connectivity index (χ2v) is 19.4. The molecule has 10 fully saturated rings. The second kappa shape index (κ2) is 10.7. The zero-order valence-corrected chi connectivity index (χ0v) is 28.5. The number of rotatable bonds is 1. The van der Waals surface area contributed by atoms with E-state index in [0.29, 0.717) is 29.8 Å². The Morgan fingerprint density at radius 2 is 0.955 bits per heavy atom. The van der Waals surface area contributed by atoms with Gasteiger partial charge in [-0.25, -0.2) is 0 Å². The Morgan fingerprint density at radius 3 is 1.57 bits per heavy atom. The van der Waals surface area contributed by atoms with Gasteiger partial charge < -0.3 is 9.47 Å². The number of hydrogen-bond acceptors (Lipinski definition) is 4. The smallest absolute Gasteiger partial charge is 0.0737 e. The summed E-state index contributed by atoms with van der Waals surface area (Å²) in [6.07, 6.45) is 29.6. The molecule has 0 aromatic heterocycles. The van der Waals surface area contributed by atoms with Crippen molar-refractivity contribution in [1.82, 2.24) is 9.80 Å². The van der Waals surface area contributed by atoms with E-state index in [9.17, 15) is 0 Å². The molecular formula is C40H64N2O2. The molecule has 4 nitrogen and oxygen atoms in total. The monoisotopic (exact) mass is 604 g/mol. The molecule has 4 heterocycles. The molecule has 246 valence electrons. The van der Waals surface area contributed by atoms with E-state index in [0.717, 1.165) is 77.7 Å². The lowest BCUT2D eigenvalue weighted by molar-refractivity contribution is -0.188. The second-order valence-electron chi connectivity index (χ2n) is 19.4. The van der Waals surface area contributed by atoms with Crippen molar-refractivity contribution in [2.45, 2.75) is 203 Å². The minimum Gasteiger partial charge on any atom is -0.372 e. The van der Waals surface area contributed by atoms with Crippen LogP contribution in [0.5, 0.6) is 0 Å². The zero-order valence-electron chi connectivity index (χ0n) is 28.5. The van der Waals surface area contributed by atoms with E-state index in [1.807, 2.05) is 0 Å². The fourth-order valence-electron chi connectivity index (χ4n) is 15.2. The third kappa shape index (κ3) is 4.27. The third-order valence-electron chi connectivity index (χ3n) is 16.8. The van der Waals surface area contributed by atoms with Crippen LogP contribution in [-0.4, -0.2) is 70.5 Å². The van der Waals surface area contributed by atoms with Crippen molar-refractivity contribution < 1.29 is 9.47 Å². The first kappa shape index (κ1) is 28.8. The highest BCUT2D eigenvalue weighted by Crippen LogP contribution is 2.60. The summed E-state index contributed by atoms with van der Waals surface area (Å²) in [5, 5.41) is 0. The molecule has 6 saturated carbocycles. The number of morpholine rings is 2.